The zero-order valence-corrected chi connectivity index (χ0v) is 8.91. The van der Waals surface area contributed by atoms with Gasteiger partial charge in [-0.3, -0.25) is 0 Å². The normalized spacial score (nSPS) is 10.6. The van der Waals surface area contributed by atoms with Crippen molar-refractivity contribution in [1.29, 1.82) is 0 Å². The summed E-state index contributed by atoms with van der Waals surface area (Å²) in [6.07, 6.45) is 0. The van der Waals surface area contributed by atoms with Crippen molar-refractivity contribution in [2.45, 2.75) is 0 Å². The highest BCUT2D eigenvalue weighted by Gasteiger charge is 2.09. The number of aromatic nitrogens is 3. The van der Waals surface area contributed by atoms with Crippen LogP contribution in [0.25, 0.3) is 22.2 Å². The minimum atomic E-state index is 0.193. The van der Waals surface area contributed by atoms with E-state index >= 15 is 0 Å². The molecule has 0 amide bonds. The van der Waals surface area contributed by atoms with Crippen molar-refractivity contribution in [3.63, 3.8) is 0 Å². The van der Waals surface area contributed by atoms with E-state index in [-0.39, 0.29) is 5.75 Å². The molecule has 0 unspecified atom stereocenters. The SMILES string of the molecule is Oc1ccccc1-c1nnnc2ccccc12. The van der Waals surface area contributed by atoms with Gasteiger partial charge in [0.25, 0.3) is 0 Å². The van der Waals surface area contributed by atoms with Crippen LogP contribution in [0.3, 0.4) is 0 Å². The molecule has 0 spiro atoms. The summed E-state index contributed by atoms with van der Waals surface area (Å²) < 4.78 is 0. The number of fused-ring (bicyclic) bond motifs is 1. The van der Waals surface area contributed by atoms with Crippen molar-refractivity contribution in [2.24, 2.45) is 0 Å². The number of phenolic OH excluding ortho intramolecular Hbond substituents is 1. The van der Waals surface area contributed by atoms with Gasteiger partial charge in [0, 0.05) is 10.9 Å². The van der Waals surface area contributed by atoms with Gasteiger partial charge in [-0.15, -0.1) is 10.2 Å². The highest BCUT2D eigenvalue weighted by atomic mass is 16.3. The van der Waals surface area contributed by atoms with Crippen molar-refractivity contribution in [3.05, 3.63) is 48.5 Å². The standard InChI is InChI=1S/C13H9N3O/c17-12-8-4-2-6-10(12)13-9-5-1-3-7-11(9)14-16-15-13/h1-8,17H. The second kappa shape index (κ2) is 3.83. The summed E-state index contributed by atoms with van der Waals surface area (Å²) in [4.78, 5) is 0. The first-order chi connectivity index (χ1) is 8.36. The Kier molecular flexibility index (Phi) is 2.19. The van der Waals surface area contributed by atoms with Crippen molar-refractivity contribution in [3.8, 4) is 17.0 Å². The molecular formula is C13H9N3O. The Hall–Kier alpha value is -2.49. The molecule has 0 aliphatic heterocycles. The van der Waals surface area contributed by atoms with Gasteiger partial charge in [0.05, 0.1) is 5.52 Å². The van der Waals surface area contributed by atoms with E-state index in [2.05, 4.69) is 15.4 Å². The lowest BCUT2D eigenvalue weighted by atomic mass is 10.1. The van der Waals surface area contributed by atoms with E-state index in [9.17, 15) is 5.11 Å². The van der Waals surface area contributed by atoms with Gasteiger partial charge < -0.3 is 5.11 Å². The predicted molar refractivity (Wildman–Crippen MR) is 64.4 cm³/mol. The molecule has 0 radical (unpaired) electrons. The fraction of sp³-hybridized carbons (Fsp3) is 0. The Labute approximate surface area is 97.6 Å². The van der Waals surface area contributed by atoms with Gasteiger partial charge in [-0.1, -0.05) is 30.3 Å². The number of phenols is 1. The fourth-order valence-electron chi connectivity index (χ4n) is 1.80. The quantitative estimate of drug-likeness (QED) is 0.688. The molecule has 2 aromatic carbocycles. The molecule has 3 rings (SSSR count). The highest BCUT2D eigenvalue weighted by molar-refractivity contribution is 5.92. The minimum Gasteiger partial charge on any atom is -0.507 e. The van der Waals surface area contributed by atoms with Crippen LogP contribution < -0.4 is 0 Å². The van der Waals surface area contributed by atoms with E-state index in [1.54, 1.807) is 12.1 Å². The average molecular weight is 223 g/mol. The second-order valence-corrected chi connectivity index (χ2v) is 3.67. The molecule has 0 saturated carbocycles. The van der Waals surface area contributed by atoms with Crippen LogP contribution in [0, 0.1) is 0 Å². The van der Waals surface area contributed by atoms with Crippen molar-refractivity contribution < 1.29 is 5.11 Å². The molecule has 0 bridgehead atoms. The molecule has 4 heteroatoms. The Morgan fingerprint density at radius 3 is 2.47 bits per heavy atom. The zero-order valence-electron chi connectivity index (χ0n) is 8.91. The molecule has 0 aliphatic rings. The molecule has 3 aromatic rings. The predicted octanol–water partition coefficient (Wildman–Crippen LogP) is 2.40. The Morgan fingerprint density at radius 1 is 0.824 bits per heavy atom. The molecule has 1 aromatic heterocycles. The molecular weight excluding hydrogens is 214 g/mol. The van der Waals surface area contributed by atoms with Gasteiger partial charge in [-0.25, -0.2) is 0 Å². The molecule has 82 valence electrons. The topological polar surface area (TPSA) is 58.9 Å². The van der Waals surface area contributed by atoms with Crippen LogP contribution in [0.15, 0.2) is 48.5 Å². The lowest BCUT2D eigenvalue weighted by molar-refractivity contribution is 0.477. The number of nitrogens with zero attached hydrogens (tertiary/aromatic N) is 3. The third kappa shape index (κ3) is 1.59. The van der Waals surface area contributed by atoms with Crippen molar-refractivity contribution >= 4 is 10.9 Å². The smallest absolute Gasteiger partial charge is 0.125 e. The molecule has 1 heterocycles. The first-order valence-corrected chi connectivity index (χ1v) is 5.23. The van der Waals surface area contributed by atoms with E-state index in [0.717, 1.165) is 10.9 Å². The first-order valence-electron chi connectivity index (χ1n) is 5.23. The summed E-state index contributed by atoms with van der Waals surface area (Å²) >= 11 is 0. The maximum Gasteiger partial charge on any atom is 0.125 e. The number of para-hydroxylation sites is 1. The lowest BCUT2D eigenvalue weighted by Crippen LogP contribution is -1.93. The minimum absolute atomic E-state index is 0.193. The largest absolute Gasteiger partial charge is 0.507 e. The highest BCUT2D eigenvalue weighted by Crippen LogP contribution is 2.30. The van der Waals surface area contributed by atoms with Crippen LogP contribution in [-0.4, -0.2) is 20.5 Å². The third-order valence-corrected chi connectivity index (χ3v) is 2.62. The summed E-state index contributed by atoms with van der Waals surface area (Å²) in [6.45, 7) is 0. The fourth-order valence-corrected chi connectivity index (χ4v) is 1.80. The number of hydrogen-bond donors (Lipinski definition) is 1. The molecule has 0 saturated heterocycles. The van der Waals surface area contributed by atoms with Gasteiger partial charge in [0.15, 0.2) is 0 Å². The maximum atomic E-state index is 9.84. The van der Waals surface area contributed by atoms with Gasteiger partial charge in [0.1, 0.15) is 11.4 Å². The lowest BCUT2D eigenvalue weighted by Gasteiger charge is -2.05. The number of hydrogen-bond acceptors (Lipinski definition) is 4. The molecule has 1 N–H and O–H groups in total. The Morgan fingerprint density at radius 2 is 1.59 bits per heavy atom. The van der Waals surface area contributed by atoms with Crippen LogP contribution in [0.2, 0.25) is 0 Å². The Bertz CT molecular complexity index is 677. The average Bonchev–Trinajstić information content (AvgIpc) is 2.39. The monoisotopic (exact) mass is 223 g/mol. The van der Waals surface area contributed by atoms with Crippen LogP contribution in [0.1, 0.15) is 0 Å². The van der Waals surface area contributed by atoms with Crippen LogP contribution in [0.4, 0.5) is 0 Å². The van der Waals surface area contributed by atoms with Gasteiger partial charge in [-0.2, -0.15) is 0 Å². The Balaban J connectivity index is 2.35. The van der Waals surface area contributed by atoms with Crippen molar-refractivity contribution in [2.75, 3.05) is 0 Å². The molecule has 0 aliphatic carbocycles. The molecule has 0 fully saturated rings. The number of aromatic hydroxyl groups is 1. The van der Waals surface area contributed by atoms with E-state index in [1.165, 1.54) is 0 Å². The van der Waals surface area contributed by atoms with Gasteiger partial charge in [-0.05, 0) is 23.4 Å². The summed E-state index contributed by atoms with van der Waals surface area (Å²) in [7, 11) is 0. The van der Waals surface area contributed by atoms with E-state index in [1.807, 2.05) is 36.4 Å². The van der Waals surface area contributed by atoms with E-state index < -0.39 is 0 Å². The summed E-state index contributed by atoms with van der Waals surface area (Å²) in [6, 6.07) is 14.7. The summed E-state index contributed by atoms with van der Waals surface area (Å²) in [5.74, 6) is 0.193. The second-order valence-electron chi connectivity index (χ2n) is 3.67. The molecule has 0 atom stereocenters. The molecule has 17 heavy (non-hydrogen) atoms. The zero-order chi connectivity index (χ0) is 11.7. The molecule has 4 nitrogen and oxygen atoms in total. The van der Waals surface area contributed by atoms with E-state index in [0.29, 0.717) is 11.3 Å². The van der Waals surface area contributed by atoms with Crippen molar-refractivity contribution in [1.82, 2.24) is 15.4 Å². The number of rotatable bonds is 1. The van der Waals surface area contributed by atoms with Crippen LogP contribution in [0.5, 0.6) is 5.75 Å². The van der Waals surface area contributed by atoms with Gasteiger partial charge in [0.2, 0.25) is 0 Å². The summed E-state index contributed by atoms with van der Waals surface area (Å²) in [5.41, 5.74) is 2.08. The third-order valence-electron chi connectivity index (χ3n) is 2.62. The van der Waals surface area contributed by atoms with Crippen LogP contribution >= 0.6 is 0 Å². The number of benzene rings is 2. The first kappa shape index (κ1) is 9.72. The van der Waals surface area contributed by atoms with Gasteiger partial charge >= 0.3 is 0 Å². The summed E-state index contributed by atoms with van der Waals surface area (Å²) in [5, 5.41) is 22.4. The maximum absolute atomic E-state index is 9.84. The van der Waals surface area contributed by atoms with E-state index in [4.69, 9.17) is 0 Å². The van der Waals surface area contributed by atoms with Crippen LogP contribution in [-0.2, 0) is 0 Å².